The normalized spacial score (nSPS) is 11.8. The van der Waals surface area contributed by atoms with Crippen LogP contribution in [0.4, 0.5) is 0 Å². The minimum absolute atomic E-state index is 0.336. The zero-order valence-electron chi connectivity index (χ0n) is 21.0. The van der Waals surface area contributed by atoms with E-state index in [1.165, 1.54) is 11.1 Å². The van der Waals surface area contributed by atoms with Gasteiger partial charge in [0.2, 0.25) is 0 Å². The second-order valence-electron chi connectivity index (χ2n) is 9.87. The number of aryl methyl sites for hydroxylation is 2. The molecule has 0 saturated carbocycles. The molecule has 3 rings (SSSR count). The average Bonchev–Trinajstić information content (AvgIpc) is 2.82. The average molecular weight is 493 g/mol. The molecule has 0 fully saturated rings. The Morgan fingerprint density at radius 1 is 0.676 bits per heavy atom. The van der Waals surface area contributed by atoms with Gasteiger partial charge in [-0.3, -0.25) is 0 Å². The maximum absolute atomic E-state index is 12.2. The first-order chi connectivity index (χ1) is 16.2. The van der Waals surface area contributed by atoms with Gasteiger partial charge in [0.15, 0.2) is 16.6 Å². The molecule has 3 aromatic rings. The maximum Gasteiger partial charge on any atom is 0.343 e. The van der Waals surface area contributed by atoms with E-state index in [0.29, 0.717) is 11.3 Å². The van der Waals surface area contributed by atoms with Crippen molar-refractivity contribution in [2.24, 2.45) is 0 Å². The predicted octanol–water partition coefficient (Wildman–Crippen LogP) is 7.13. The highest BCUT2D eigenvalue weighted by molar-refractivity contribution is 6.84. The highest BCUT2D eigenvalue weighted by Gasteiger charge is 2.32. The van der Waals surface area contributed by atoms with E-state index in [-0.39, 0.29) is 5.97 Å². The van der Waals surface area contributed by atoms with Gasteiger partial charge in [0.25, 0.3) is 0 Å². The molecule has 0 aliphatic heterocycles. The summed E-state index contributed by atoms with van der Waals surface area (Å²) in [6.07, 6.45) is 2.01. The van der Waals surface area contributed by atoms with E-state index in [9.17, 15) is 4.79 Å². The lowest BCUT2D eigenvalue weighted by Gasteiger charge is -2.34. The molecule has 3 aromatic carbocycles. The van der Waals surface area contributed by atoms with Gasteiger partial charge in [-0.25, -0.2) is 4.79 Å². The number of esters is 1. The summed E-state index contributed by atoms with van der Waals surface area (Å²) in [7, 11) is -1.88. The Morgan fingerprint density at radius 2 is 1.15 bits per heavy atom. The second kappa shape index (κ2) is 11.6. The molecule has 0 atom stereocenters. The Labute approximate surface area is 206 Å². The molecular formula is C28H36O4Si2. The molecule has 0 N–H and O–H groups in total. The van der Waals surface area contributed by atoms with Crippen molar-refractivity contribution < 1.29 is 18.4 Å². The third-order valence-electron chi connectivity index (χ3n) is 5.89. The number of methoxy groups -OCH3 is 1. The Kier molecular flexibility index (Phi) is 8.88. The van der Waals surface area contributed by atoms with Crippen molar-refractivity contribution >= 4 is 22.6 Å². The second-order valence-corrected chi connectivity index (χ2v) is 18.7. The van der Waals surface area contributed by atoms with Crippen LogP contribution in [0.3, 0.4) is 0 Å². The molecule has 0 bridgehead atoms. The monoisotopic (exact) mass is 492 g/mol. The molecule has 0 aliphatic carbocycles. The molecule has 0 aromatic heterocycles. The summed E-state index contributed by atoms with van der Waals surface area (Å²) in [5.74, 6) is 1.13. The van der Waals surface area contributed by atoms with Crippen LogP contribution in [0.5, 0.6) is 11.5 Å². The van der Waals surface area contributed by atoms with E-state index in [4.69, 9.17) is 13.6 Å². The van der Waals surface area contributed by atoms with Gasteiger partial charge < -0.3 is 13.6 Å². The molecule has 0 saturated heterocycles. The third-order valence-corrected chi connectivity index (χ3v) is 13.2. The van der Waals surface area contributed by atoms with Gasteiger partial charge in [-0.2, -0.15) is 0 Å². The first kappa shape index (κ1) is 25.9. The zero-order chi connectivity index (χ0) is 24.6. The molecule has 0 radical (unpaired) electrons. The van der Waals surface area contributed by atoms with Crippen LogP contribution in [0.1, 0.15) is 21.5 Å². The lowest BCUT2D eigenvalue weighted by atomic mass is 10.2. The number of hydrogen-bond acceptors (Lipinski definition) is 4. The van der Waals surface area contributed by atoms with Crippen LogP contribution < -0.4 is 9.47 Å². The molecule has 0 unspecified atom stereocenters. The summed E-state index contributed by atoms with van der Waals surface area (Å²) < 4.78 is 17.6. The van der Waals surface area contributed by atoms with Gasteiger partial charge >= 0.3 is 5.97 Å². The van der Waals surface area contributed by atoms with Crippen LogP contribution in [0.25, 0.3) is 0 Å². The fourth-order valence-corrected chi connectivity index (χ4v) is 12.6. The highest BCUT2D eigenvalue weighted by Crippen LogP contribution is 2.25. The van der Waals surface area contributed by atoms with Gasteiger partial charge in [0.1, 0.15) is 11.5 Å². The van der Waals surface area contributed by atoms with Gasteiger partial charge in [-0.15, -0.1) is 0 Å². The van der Waals surface area contributed by atoms with Crippen LogP contribution in [0.15, 0.2) is 78.9 Å². The lowest BCUT2D eigenvalue weighted by molar-refractivity contribution is 0.0734. The van der Waals surface area contributed by atoms with Gasteiger partial charge in [-0.1, -0.05) is 42.5 Å². The topological polar surface area (TPSA) is 44.8 Å². The Hall–Kier alpha value is -2.68. The largest absolute Gasteiger partial charge is 0.497 e. The summed E-state index contributed by atoms with van der Waals surface area (Å²) in [5.41, 5.74) is 3.12. The summed E-state index contributed by atoms with van der Waals surface area (Å²) in [4.78, 5) is 12.2. The Morgan fingerprint density at radius 3 is 1.62 bits per heavy atom. The maximum atomic E-state index is 12.2. The van der Waals surface area contributed by atoms with Crippen molar-refractivity contribution in [3.63, 3.8) is 0 Å². The number of carbonyl (C=O) groups is 1. The van der Waals surface area contributed by atoms with Gasteiger partial charge in [0, 0.05) is 0 Å². The van der Waals surface area contributed by atoms with Gasteiger partial charge in [-0.05, 0) is 98.6 Å². The summed E-state index contributed by atoms with van der Waals surface area (Å²) in [6.45, 7) is 9.32. The molecule has 180 valence electrons. The van der Waals surface area contributed by atoms with Crippen LogP contribution in [-0.2, 0) is 17.0 Å². The van der Waals surface area contributed by atoms with Crippen molar-refractivity contribution in [3.8, 4) is 11.5 Å². The summed E-state index contributed by atoms with van der Waals surface area (Å²) in [6, 6.07) is 27.4. The van der Waals surface area contributed by atoms with Crippen molar-refractivity contribution in [2.45, 2.75) is 51.1 Å². The van der Waals surface area contributed by atoms with Crippen molar-refractivity contribution in [1.29, 1.82) is 0 Å². The number of hydrogen-bond donors (Lipinski definition) is 0. The number of rotatable bonds is 11. The fraction of sp³-hybridized carbons (Fsp3) is 0.321. The number of carbonyl (C=O) groups excluding carboxylic acids is 1. The minimum atomic E-state index is -1.80. The molecule has 6 heteroatoms. The van der Waals surface area contributed by atoms with Crippen LogP contribution >= 0.6 is 0 Å². The van der Waals surface area contributed by atoms with Crippen LogP contribution in [0, 0.1) is 0 Å². The first-order valence-corrected chi connectivity index (χ1v) is 18.1. The van der Waals surface area contributed by atoms with E-state index in [2.05, 4.69) is 38.3 Å². The first-order valence-electron chi connectivity index (χ1n) is 11.9. The van der Waals surface area contributed by atoms with Crippen molar-refractivity contribution in [2.75, 3.05) is 7.11 Å². The van der Waals surface area contributed by atoms with E-state index < -0.39 is 16.6 Å². The number of benzene rings is 3. The van der Waals surface area contributed by atoms with E-state index >= 15 is 0 Å². The van der Waals surface area contributed by atoms with Crippen molar-refractivity contribution in [1.82, 2.24) is 0 Å². The smallest absolute Gasteiger partial charge is 0.343 e. The van der Waals surface area contributed by atoms with Crippen molar-refractivity contribution in [3.05, 3.63) is 95.6 Å². The SMILES string of the molecule is COc1ccc(CC[Si](C)(C)O[Si](C)(C)CCc2ccc(OC(=O)c3ccccc3)cc2)cc1. The van der Waals surface area contributed by atoms with Crippen LogP contribution in [-0.4, -0.2) is 29.7 Å². The molecule has 34 heavy (non-hydrogen) atoms. The molecular weight excluding hydrogens is 456 g/mol. The molecule has 0 heterocycles. The fourth-order valence-electron chi connectivity index (χ4n) is 4.00. The molecule has 0 aliphatic rings. The van der Waals surface area contributed by atoms with Crippen LogP contribution in [0.2, 0.25) is 38.3 Å². The highest BCUT2D eigenvalue weighted by atomic mass is 28.4. The lowest BCUT2D eigenvalue weighted by Crippen LogP contribution is -2.44. The molecule has 0 spiro atoms. The van der Waals surface area contributed by atoms with E-state index in [1.807, 2.05) is 54.6 Å². The minimum Gasteiger partial charge on any atom is -0.497 e. The molecule has 4 nitrogen and oxygen atoms in total. The summed E-state index contributed by atoms with van der Waals surface area (Å²) >= 11 is 0. The molecule has 0 amide bonds. The van der Waals surface area contributed by atoms with E-state index in [1.54, 1.807) is 19.2 Å². The summed E-state index contributed by atoms with van der Waals surface area (Å²) in [5, 5.41) is 0. The zero-order valence-corrected chi connectivity index (χ0v) is 23.0. The van der Waals surface area contributed by atoms with Gasteiger partial charge in [0.05, 0.1) is 12.7 Å². The Balaban J connectivity index is 1.47. The predicted molar refractivity (Wildman–Crippen MR) is 144 cm³/mol. The third kappa shape index (κ3) is 8.27. The Bertz CT molecular complexity index is 1050. The van der Waals surface area contributed by atoms with E-state index in [0.717, 1.165) is 30.7 Å². The standard InChI is InChI=1S/C28H36O4Si2/c1-30-26-15-11-23(12-16-26)19-21-33(2,3)32-34(4,5)22-20-24-13-17-27(18-14-24)31-28(29)25-9-7-6-8-10-25/h6-18H,19-22H2,1-5H3. The quantitative estimate of drug-likeness (QED) is 0.162. The number of ether oxygens (including phenoxy) is 2.